The highest BCUT2D eigenvalue weighted by atomic mass is 19.4. The number of hydrogen-bond acceptors (Lipinski definition) is 3. The highest BCUT2D eigenvalue weighted by molar-refractivity contribution is 5.70. The molecule has 0 bridgehead atoms. The van der Waals surface area contributed by atoms with Gasteiger partial charge in [0.2, 0.25) is 0 Å². The lowest BCUT2D eigenvalue weighted by molar-refractivity contribution is -0.137. The second kappa shape index (κ2) is 6.14. The predicted molar refractivity (Wildman–Crippen MR) is 91.0 cm³/mol. The highest BCUT2D eigenvalue weighted by Crippen LogP contribution is 2.51. The average molecular weight is 378 g/mol. The van der Waals surface area contributed by atoms with Crippen molar-refractivity contribution >= 4 is 6.09 Å². The molecule has 0 unspecified atom stereocenters. The summed E-state index contributed by atoms with van der Waals surface area (Å²) in [6, 6.07) is 7.54. The number of alkyl carbamates (subject to hydrolysis) is 1. The molecule has 2 heterocycles. The van der Waals surface area contributed by atoms with Crippen molar-refractivity contribution in [1.29, 1.82) is 0 Å². The smallest absolute Gasteiger partial charge is 0.417 e. The molecule has 1 aromatic carbocycles. The predicted octanol–water partition coefficient (Wildman–Crippen LogP) is 3.80. The molecule has 0 radical (unpaired) electrons. The van der Waals surface area contributed by atoms with E-state index in [0.717, 1.165) is 18.9 Å². The molecule has 5 nitrogen and oxygen atoms in total. The van der Waals surface area contributed by atoms with Gasteiger partial charge in [0, 0.05) is 30.6 Å². The zero-order valence-electron chi connectivity index (χ0n) is 14.2. The van der Waals surface area contributed by atoms with E-state index >= 15 is 0 Å². The molecular weight excluding hydrogens is 361 g/mol. The van der Waals surface area contributed by atoms with Crippen molar-refractivity contribution in [2.24, 2.45) is 5.92 Å². The van der Waals surface area contributed by atoms with Crippen molar-refractivity contribution < 1.29 is 22.7 Å². The van der Waals surface area contributed by atoms with E-state index in [9.17, 15) is 22.8 Å². The van der Waals surface area contributed by atoms with Crippen molar-refractivity contribution in [1.82, 2.24) is 10.3 Å². The summed E-state index contributed by atoms with van der Waals surface area (Å²) in [6.07, 6.45) is -1.99. The summed E-state index contributed by atoms with van der Waals surface area (Å²) < 4.78 is 44.7. The number of H-pyrrole nitrogens is 1. The lowest BCUT2D eigenvalue weighted by Gasteiger charge is -2.38. The van der Waals surface area contributed by atoms with Crippen LogP contribution in [0, 0.1) is 5.92 Å². The first kappa shape index (κ1) is 17.6. The van der Waals surface area contributed by atoms with Gasteiger partial charge in [-0.15, -0.1) is 0 Å². The molecule has 1 atom stereocenters. The van der Waals surface area contributed by atoms with Crippen LogP contribution < -0.4 is 10.9 Å². The van der Waals surface area contributed by atoms with Crippen molar-refractivity contribution in [3.63, 3.8) is 0 Å². The Morgan fingerprint density at radius 3 is 2.59 bits per heavy atom. The van der Waals surface area contributed by atoms with Gasteiger partial charge in [0.15, 0.2) is 0 Å². The number of carbonyl (C=O) groups excluding carboxylic acids is 1. The summed E-state index contributed by atoms with van der Waals surface area (Å²) in [4.78, 5) is 26.1. The van der Waals surface area contributed by atoms with Gasteiger partial charge in [-0.05, 0) is 36.1 Å². The summed E-state index contributed by atoms with van der Waals surface area (Å²) in [6.45, 7) is 0.462. The molecule has 2 N–H and O–H groups in total. The molecule has 142 valence electrons. The monoisotopic (exact) mass is 378 g/mol. The maximum Gasteiger partial charge on any atom is 0.417 e. The molecule has 2 fully saturated rings. The highest BCUT2D eigenvalue weighted by Gasteiger charge is 2.51. The molecule has 1 aliphatic carbocycles. The molecule has 1 aromatic heterocycles. The minimum absolute atomic E-state index is 0.0714. The maximum atomic E-state index is 13.0. The van der Waals surface area contributed by atoms with Crippen LogP contribution in [0.5, 0.6) is 0 Å². The number of rotatable bonds is 3. The van der Waals surface area contributed by atoms with E-state index in [1.807, 2.05) is 0 Å². The number of aromatic amines is 1. The summed E-state index contributed by atoms with van der Waals surface area (Å²) in [5.41, 5.74) is -1.34. The van der Waals surface area contributed by atoms with Crippen molar-refractivity contribution in [2.75, 3.05) is 6.54 Å². The minimum Gasteiger partial charge on any atom is -0.438 e. The summed E-state index contributed by atoms with van der Waals surface area (Å²) in [7, 11) is 0. The van der Waals surface area contributed by atoms with Crippen LogP contribution >= 0.6 is 0 Å². The number of benzene rings is 1. The third-order valence-corrected chi connectivity index (χ3v) is 5.17. The van der Waals surface area contributed by atoms with E-state index in [-0.39, 0.29) is 11.5 Å². The lowest BCUT2D eigenvalue weighted by atomic mass is 9.83. The normalized spacial score (nSPS) is 22.9. The first-order valence-electron chi connectivity index (χ1n) is 8.67. The Hall–Kier alpha value is -2.77. The fraction of sp³-hybridized carbons (Fsp3) is 0.368. The third-order valence-electron chi connectivity index (χ3n) is 5.17. The number of alkyl halides is 3. The van der Waals surface area contributed by atoms with Crippen LogP contribution in [-0.2, 0) is 16.5 Å². The second-order valence-electron chi connectivity index (χ2n) is 6.94. The number of ether oxygens (including phenoxy) is 1. The summed E-state index contributed by atoms with van der Waals surface area (Å²) in [5, 5.41) is 2.63. The molecule has 1 saturated carbocycles. The molecular formula is C19H17F3N2O3. The van der Waals surface area contributed by atoms with Gasteiger partial charge in [0.1, 0.15) is 5.60 Å². The molecule has 27 heavy (non-hydrogen) atoms. The Morgan fingerprint density at radius 1 is 1.15 bits per heavy atom. The number of halogens is 3. The van der Waals surface area contributed by atoms with E-state index in [4.69, 9.17) is 4.74 Å². The van der Waals surface area contributed by atoms with Gasteiger partial charge in [-0.1, -0.05) is 18.2 Å². The number of amides is 1. The van der Waals surface area contributed by atoms with E-state index in [0.29, 0.717) is 30.3 Å². The Balaban J connectivity index is 1.79. The van der Waals surface area contributed by atoms with Crippen molar-refractivity contribution in [3.8, 4) is 11.1 Å². The summed E-state index contributed by atoms with van der Waals surface area (Å²) in [5.74, 6) is 0.179. The van der Waals surface area contributed by atoms with Gasteiger partial charge < -0.3 is 15.0 Å². The quantitative estimate of drug-likeness (QED) is 0.854. The molecule has 1 aliphatic heterocycles. The van der Waals surface area contributed by atoms with Gasteiger partial charge >= 0.3 is 12.3 Å². The number of cyclic esters (lactones) is 1. The zero-order valence-corrected chi connectivity index (χ0v) is 14.2. The maximum absolute atomic E-state index is 13.0. The van der Waals surface area contributed by atoms with Crippen LogP contribution in [0.2, 0.25) is 0 Å². The van der Waals surface area contributed by atoms with Crippen LogP contribution in [-0.4, -0.2) is 17.6 Å². The number of carbonyl (C=O) groups is 1. The number of aromatic nitrogens is 1. The van der Waals surface area contributed by atoms with Crippen LogP contribution in [0.15, 0.2) is 41.3 Å². The Labute approximate surface area is 152 Å². The van der Waals surface area contributed by atoms with E-state index in [1.54, 1.807) is 24.3 Å². The molecule has 2 aromatic rings. The molecule has 1 saturated heterocycles. The Morgan fingerprint density at radius 2 is 1.93 bits per heavy atom. The van der Waals surface area contributed by atoms with Gasteiger partial charge in [0.25, 0.3) is 5.56 Å². The standard InChI is InChI=1S/C19H17F3N2O3/c20-19(21,22)14-9-15(16(25)24-10-14)11-2-1-3-13(8-11)18(12-4-5-12)6-7-23-17(26)27-18/h1-3,8-10,12H,4-7H2,(H,23,26)(H,24,25)/t18-/m1/s1. The number of nitrogens with one attached hydrogen (secondary N) is 2. The summed E-state index contributed by atoms with van der Waals surface area (Å²) >= 11 is 0. The SMILES string of the molecule is O=C1NCC[C@](c2cccc(-c3cc(C(F)(F)F)c[nH]c3=O)c2)(C2CC2)O1. The molecule has 0 spiro atoms. The van der Waals surface area contributed by atoms with Crippen LogP contribution in [0.3, 0.4) is 0 Å². The Kier molecular flexibility index (Phi) is 4.01. The molecule has 2 aliphatic rings. The minimum atomic E-state index is -4.56. The van der Waals surface area contributed by atoms with Gasteiger partial charge in [0.05, 0.1) is 5.56 Å². The lowest BCUT2D eigenvalue weighted by Crippen LogP contribution is -2.46. The van der Waals surface area contributed by atoms with E-state index in [2.05, 4.69) is 10.3 Å². The molecule has 8 heteroatoms. The third kappa shape index (κ3) is 3.20. The molecule has 1 amide bonds. The largest absolute Gasteiger partial charge is 0.438 e. The van der Waals surface area contributed by atoms with Crippen molar-refractivity contribution in [2.45, 2.75) is 31.0 Å². The van der Waals surface area contributed by atoms with Crippen LogP contribution in [0.4, 0.5) is 18.0 Å². The fourth-order valence-electron chi connectivity index (χ4n) is 3.69. The van der Waals surface area contributed by atoms with Crippen LogP contribution in [0.1, 0.15) is 30.4 Å². The molecule has 4 rings (SSSR count). The number of hydrogen-bond donors (Lipinski definition) is 2. The first-order valence-corrected chi connectivity index (χ1v) is 8.67. The Bertz CT molecular complexity index is 950. The average Bonchev–Trinajstić information content (AvgIpc) is 3.46. The van der Waals surface area contributed by atoms with E-state index < -0.39 is 29.0 Å². The number of pyridine rings is 1. The van der Waals surface area contributed by atoms with Crippen LogP contribution in [0.25, 0.3) is 11.1 Å². The first-order chi connectivity index (χ1) is 12.8. The zero-order chi connectivity index (χ0) is 19.2. The second-order valence-corrected chi connectivity index (χ2v) is 6.94. The topological polar surface area (TPSA) is 71.2 Å². The van der Waals surface area contributed by atoms with Crippen molar-refractivity contribution in [3.05, 3.63) is 58.0 Å². The van der Waals surface area contributed by atoms with Gasteiger partial charge in [-0.2, -0.15) is 13.2 Å². The van der Waals surface area contributed by atoms with E-state index in [1.165, 1.54) is 0 Å². The van der Waals surface area contributed by atoms with Gasteiger partial charge in [-0.25, -0.2) is 4.79 Å². The fourth-order valence-corrected chi connectivity index (χ4v) is 3.69. The van der Waals surface area contributed by atoms with Gasteiger partial charge in [-0.3, -0.25) is 4.79 Å².